The molecular weight excluding hydrogens is 140 g/mol. The Kier molecular flexibility index (Phi) is 3.60. The van der Waals surface area contributed by atoms with Gasteiger partial charge in [0, 0.05) is 0 Å². The number of hydrogen-bond donors (Lipinski definition) is 1. The number of aliphatic hydroxyl groups is 1. The maximum absolute atomic E-state index is 8.54. The first-order valence-corrected chi connectivity index (χ1v) is 4.22. The highest BCUT2D eigenvalue weighted by atomic mass is 16.5. The lowest BCUT2D eigenvalue weighted by Gasteiger charge is -2.24. The lowest BCUT2D eigenvalue weighted by molar-refractivity contribution is -0.00122. The van der Waals surface area contributed by atoms with Gasteiger partial charge in [-0.25, -0.2) is 0 Å². The van der Waals surface area contributed by atoms with Crippen LogP contribution in [0.4, 0.5) is 0 Å². The van der Waals surface area contributed by atoms with Crippen LogP contribution in [0.25, 0.3) is 0 Å². The second kappa shape index (κ2) is 4.52. The second-order valence-electron chi connectivity index (χ2n) is 3.05. The minimum absolute atomic E-state index is 0.132. The zero-order valence-corrected chi connectivity index (χ0v) is 6.99. The van der Waals surface area contributed by atoms with Crippen molar-refractivity contribution < 1.29 is 9.84 Å². The van der Waals surface area contributed by atoms with Crippen LogP contribution in [-0.4, -0.2) is 24.4 Å². The molecule has 1 aliphatic carbocycles. The molecule has 0 amide bonds. The van der Waals surface area contributed by atoms with Crippen molar-refractivity contribution in [2.45, 2.75) is 25.9 Å². The summed E-state index contributed by atoms with van der Waals surface area (Å²) < 4.78 is 5.44. The van der Waals surface area contributed by atoms with Gasteiger partial charge < -0.3 is 9.84 Å². The van der Waals surface area contributed by atoms with Gasteiger partial charge in [-0.2, -0.15) is 0 Å². The zero-order valence-electron chi connectivity index (χ0n) is 6.99. The molecule has 0 radical (unpaired) electrons. The summed E-state index contributed by atoms with van der Waals surface area (Å²) in [6.45, 7) is 2.79. The van der Waals surface area contributed by atoms with Crippen LogP contribution < -0.4 is 0 Å². The predicted octanol–water partition coefficient (Wildman–Crippen LogP) is 1.35. The molecule has 64 valence electrons. The SMILES string of the molecule is CC1CC=CCC1OCCO. The predicted molar refractivity (Wildman–Crippen MR) is 44.4 cm³/mol. The maximum Gasteiger partial charge on any atom is 0.0701 e. The van der Waals surface area contributed by atoms with Crippen LogP contribution in [0, 0.1) is 5.92 Å². The van der Waals surface area contributed by atoms with E-state index in [0.717, 1.165) is 12.8 Å². The van der Waals surface area contributed by atoms with Crippen LogP contribution in [0.1, 0.15) is 19.8 Å². The van der Waals surface area contributed by atoms with Gasteiger partial charge in [0.2, 0.25) is 0 Å². The minimum Gasteiger partial charge on any atom is -0.394 e. The Hall–Kier alpha value is -0.340. The normalized spacial score (nSPS) is 30.7. The van der Waals surface area contributed by atoms with Crippen LogP contribution in [0.15, 0.2) is 12.2 Å². The summed E-state index contributed by atoms with van der Waals surface area (Å²) in [5.74, 6) is 0.603. The number of hydrogen-bond acceptors (Lipinski definition) is 2. The Morgan fingerprint density at radius 1 is 1.45 bits per heavy atom. The van der Waals surface area contributed by atoms with Gasteiger partial charge in [0.05, 0.1) is 19.3 Å². The van der Waals surface area contributed by atoms with Crippen molar-refractivity contribution in [3.8, 4) is 0 Å². The van der Waals surface area contributed by atoms with Gasteiger partial charge in [-0.3, -0.25) is 0 Å². The van der Waals surface area contributed by atoms with E-state index in [9.17, 15) is 0 Å². The van der Waals surface area contributed by atoms with Crippen LogP contribution in [0.3, 0.4) is 0 Å². The largest absolute Gasteiger partial charge is 0.394 e. The van der Waals surface area contributed by atoms with E-state index in [4.69, 9.17) is 9.84 Å². The quantitative estimate of drug-likeness (QED) is 0.625. The molecule has 0 heterocycles. The maximum atomic E-state index is 8.54. The molecule has 0 saturated carbocycles. The van der Waals surface area contributed by atoms with E-state index in [1.807, 2.05) is 0 Å². The summed E-state index contributed by atoms with van der Waals surface area (Å²) in [6.07, 6.45) is 6.79. The van der Waals surface area contributed by atoms with Gasteiger partial charge >= 0.3 is 0 Å². The minimum atomic E-state index is 0.132. The zero-order chi connectivity index (χ0) is 8.10. The van der Waals surface area contributed by atoms with Gasteiger partial charge in [-0.15, -0.1) is 0 Å². The summed E-state index contributed by atoms with van der Waals surface area (Å²) in [6, 6.07) is 0. The van der Waals surface area contributed by atoms with E-state index in [1.165, 1.54) is 0 Å². The average molecular weight is 156 g/mol. The first-order valence-electron chi connectivity index (χ1n) is 4.22. The van der Waals surface area contributed by atoms with Crippen molar-refractivity contribution in [1.82, 2.24) is 0 Å². The summed E-state index contributed by atoms with van der Waals surface area (Å²) in [4.78, 5) is 0. The van der Waals surface area contributed by atoms with Crippen LogP contribution >= 0.6 is 0 Å². The molecule has 0 aromatic rings. The molecular formula is C9H16O2. The first-order chi connectivity index (χ1) is 5.34. The number of aliphatic hydroxyl groups excluding tert-OH is 1. The van der Waals surface area contributed by atoms with E-state index < -0.39 is 0 Å². The van der Waals surface area contributed by atoms with Gasteiger partial charge in [-0.1, -0.05) is 19.1 Å². The van der Waals surface area contributed by atoms with Crippen LogP contribution in [-0.2, 0) is 4.74 Å². The monoisotopic (exact) mass is 156 g/mol. The molecule has 0 aromatic heterocycles. The molecule has 1 aliphatic rings. The van der Waals surface area contributed by atoms with Gasteiger partial charge in [0.15, 0.2) is 0 Å². The summed E-state index contributed by atoms with van der Waals surface area (Å²) in [5, 5.41) is 8.54. The van der Waals surface area contributed by atoms with Crippen molar-refractivity contribution in [2.24, 2.45) is 5.92 Å². The van der Waals surface area contributed by atoms with E-state index in [0.29, 0.717) is 18.6 Å². The van der Waals surface area contributed by atoms with Gasteiger partial charge in [0.1, 0.15) is 0 Å². The molecule has 1 rings (SSSR count). The van der Waals surface area contributed by atoms with Crippen LogP contribution in [0.5, 0.6) is 0 Å². The van der Waals surface area contributed by atoms with Crippen molar-refractivity contribution in [1.29, 1.82) is 0 Å². The van der Waals surface area contributed by atoms with Crippen LogP contribution in [0.2, 0.25) is 0 Å². The average Bonchev–Trinajstić information content (AvgIpc) is 2.03. The summed E-state index contributed by atoms with van der Waals surface area (Å²) in [5.41, 5.74) is 0. The van der Waals surface area contributed by atoms with Crippen molar-refractivity contribution >= 4 is 0 Å². The van der Waals surface area contributed by atoms with Crippen molar-refractivity contribution in [3.63, 3.8) is 0 Å². The van der Waals surface area contributed by atoms with E-state index in [2.05, 4.69) is 19.1 Å². The number of rotatable bonds is 3. The molecule has 11 heavy (non-hydrogen) atoms. The van der Waals surface area contributed by atoms with Crippen molar-refractivity contribution in [2.75, 3.05) is 13.2 Å². The fourth-order valence-corrected chi connectivity index (χ4v) is 1.36. The highest BCUT2D eigenvalue weighted by Crippen LogP contribution is 2.20. The molecule has 2 nitrogen and oxygen atoms in total. The second-order valence-corrected chi connectivity index (χ2v) is 3.05. The molecule has 0 fully saturated rings. The first kappa shape index (κ1) is 8.75. The van der Waals surface area contributed by atoms with E-state index in [-0.39, 0.29) is 6.61 Å². The lowest BCUT2D eigenvalue weighted by atomic mass is 9.93. The Balaban J connectivity index is 2.26. The lowest BCUT2D eigenvalue weighted by Crippen LogP contribution is -2.24. The standard InChI is InChI=1S/C9H16O2/c1-8-4-2-3-5-9(8)11-7-6-10/h2-3,8-10H,4-7H2,1H3. The number of allylic oxidation sites excluding steroid dienone is 1. The molecule has 2 atom stereocenters. The third kappa shape index (κ3) is 2.64. The molecule has 2 heteroatoms. The fourth-order valence-electron chi connectivity index (χ4n) is 1.36. The number of ether oxygens (including phenoxy) is 1. The summed E-state index contributed by atoms with van der Waals surface area (Å²) in [7, 11) is 0. The van der Waals surface area contributed by atoms with Gasteiger partial charge in [0.25, 0.3) is 0 Å². The molecule has 0 aliphatic heterocycles. The third-order valence-corrected chi connectivity index (χ3v) is 2.10. The topological polar surface area (TPSA) is 29.5 Å². The Morgan fingerprint density at radius 3 is 2.82 bits per heavy atom. The van der Waals surface area contributed by atoms with Gasteiger partial charge in [-0.05, 0) is 18.8 Å². The molecule has 1 N–H and O–H groups in total. The molecule has 0 saturated heterocycles. The molecule has 0 spiro atoms. The van der Waals surface area contributed by atoms with E-state index in [1.54, 1.807) is 0 Å². The summed E-state index contributed by atoms with van der Waals surface area (Å²) >= 11 is 0. The molecule has 0 aromatic carbocycles. The molecule has 2 unspecified atom stereocenters. The Labute approximate surface area is 67.9 Å². The van der Waals surface area contributed by atoms with Crippen molar-refractivity contribution in [3.05, 3.63) is 12.2 Å². The van der Waals surface area contributed by atoms with E-state index >= 15 is 0 Å². The Bertz CT molecular complexity index is 132. The smallest absolute Gasteiger partial charge is 0.0701 e. The Morgan fingerprint density at radius 2 is 2.18 bits per heavy atom. The molecule has 0 bridgehead atoms. The highest BCUT2D eigenvalue weighted by Gasteiger charge is 2.17. The highest BCUT2D eigenvalue weighted by molar-refractivity contribution is 4.93. The fraction of sp³-hybridized carbons (Fsp3) is 0.778. The third-order valence-electron chi connectivity index (χ3n) is 2.10.